The van der Waals surface area contributed by atoms with E-state index in [4.69, 9.17) is 4.74 Å². The van der Waals surface area contributed by atoms with E-state index in [-0.39, 0.29) is 36.0 Å². The number of halogens is 1. The fourth-order valence-corrected chi connectivity index (χ4v) is 4.44. The van der Waals surface area contributed by atoms with Gasteiger partial charge >= 0.3 is 5.97 Å². The first-order chi connectivity index (χ1) is 13.4. The summed E-state index contributed by atoms with van der Waals surface area (Å²) in [6.45, 7) is 3.76. The monoisotopic (exact) mass is 392 g/mol. The van der Waals surface area contributed by atoms with Crippen LogP contribution in [0.4, 0.5) is 4.39 Å². The van der Waals surface area contributed by atoms with Crippen molar-refractivity contribution in [3.8, 4) is 5.75 Å². The Hall–Kier alpha value is -2.15. The molecule has 28 heavy (non-hydrogen) atoms. The minimum absolute atomic E-state index is 0.0123. The largest absolute Gasteiger partial charge is 0.497 e. The van der Waals surface area contributed by atoms with E-state index in [2.05, 4.69) is 9.64 Å². The highest BCUT2D eigenvalue weighted by molar-refractivity contribution is 5.81. The second kappa shape index (κ2) is 8.90. The van der Waals surface area contributed by atoms with Gasteiger partial charge in [0, 0.05) is 43.6 Å². The van der Waals surface area contributed by atoms with Gasteiger partial charge in [0.1, 0.15) is 11.6 Å². The molecule has 1 spiro atoms. The predicted molar refractivity (Wildman–Crippen MR) is 102 cm³/mol. The van der Waals surface area contributed by atoms with Crippen LogP contribution in [0.5, 0.6) is 5.75 Å². The SMILES string of the molecule is COC(=O)CCC(=O)N1CCC2(CCCN(Cc3cc(OC)ccc3F)C2)C1. The smallest absolute Gasteiger partial charge is 0.306 e. The number of methoxy groups -OCH3 is 2. The average Bonchev–Trinajstić information content (AvgIpc) is 3.10. The summed E-state index contributed by atoms with van der Waals surface area (Å²) >= 11 is 0. The summed E-state index contributed by atoms with van der Waals surface area (Å²) in [5.74, 6) is 0.0995. The summed E-state index contributed by atoms with van der Waals surface area (Å²) in [7, 11) is 2.91. The van der Waals surface area contributed by atoms with Crippen LogP contribution in [0.2, 0.25) is 0 Å². The third-order valence-corrected chi connectivity index (χ3v) is 5.95. The van der Waals surface area contributed by atoms with Gasteiger partial charge in [-0.15, -0.1) is 0 Å². The summed E-state index contributed by atoms with van der Waals surface area (Å²) in [6, 6.07) is 4.84. The highest BCUT2D eigenvalue weighted by Crippen LogP contribution is 2.39. The first kappa shape index (κ1) is 20.6. The van der Waals surface area contributed by atoms with E-state index in [9.17, 15) is 14.0 Å². The number of likely N-dealkylation sites (tertiary alicyclic amines) is 2. The number of benzene rings is 1. The third-order valence-electron chi connectivity index (χ3n) is 5.95. The van der Waals surface area contributed by atoms with Crippen molar-refractivity contribution in [2.45, 2.75) is 38.6 Å². The lowest BCUT2D eigenvalue weighted by Crippen LogP contribution is -2.45. The van der Waals surface area contributed by atoms with Crippen molar-refractivity contribution in [2.75, 3.05) is 40.4 Å². The van der Waals surface area contributed by atoms with Gasteiger partial charge in [-0.1, -0.05) is 0 Å². The molecule has 2 heterocycles. The highest BCUT2D eigenvalue weighted by Gasteiger charge is 2.42. The number of amides is 1. The molecule has 1 aromatic carbocycles. The maximum absolute atomic E-state index is 14.2. The van der Waals surface area contributed by atoms with Crippen LogP contribution in [-0.4, -0.2) is 62.1 Å². The van der Waals surface area contributed by atoms with Crippen LogP contribution >= 0.6 is 0 Å². The van der Waals surface area contributed by atoms with Gasteiger partial charge in [0.25, 0.3) is 0 Å². The molecule has 154 valence electrons. The normalized spacial score (nSPS) is 22.5. The zero-order valence-electron chi connectivity index (χ0n) is 16.7. The van der Waals surface area contributed by atoms with E-state index in [0.29, 0.717) is 24.4 Å². The number of carbonyl (C=O) groups excluding carboxylic acids is 2. The van der Waals surface area contributed by atoms with Crippen LogP contribution in [0, 0.1) is 11.2 Å². The summed E-state index contributed by atoms with van der Waals surface area (Å²) < 4.78 is 24.0. The quantitative estimate of drug-likeness (QED) is 0.697. The van der Waals surface area contributed by atoms with Crippen LogP contribution < -0.4 is 4.74 Å². The number of hydrogen-bond acceptors (Lipinski definition) is 5. The molecule has 0 N–H and O–H groups in total. The van der Waals surface area contributed by atoms with Crippen LogP contribution in [0.15, 0.2) is 18.2 Å². The summed E-state index contributed by atoms with van der Waals surface area (Å²) in [5, 5.41) is 0. The van der Waals surface area contributed by atoms with Crippen LogP contribution in [0.25, 0.3) is 0 Å². The van der Waals surface area contributed by atoms with E-state index >= 15 is 0 Å². The minimum atomic E-state index is -0.355. The molecule has 2 fully saturated rings. The maximum Gasteiger partial charge on any atom is 0.306 e. The Kier molecular flexibility index (Phi) is 6.54. The average molecular weight is 392 g/mol. The van der Waals surface area contributed by atoms with Gasteiger partial charge in [-0.3, -0.25) is 14.5 Å². The van der Waals surface area contributed by atoms with Crippen molar-refractivity contribution >= 4 is 11.9 Å². The number of piperidine rings is 1. The van der Waals surface area contributed by atoms with Gasteiger partial charge in [-0.05, 0) is 44.0 Å². The number of carbonyl (C=O) groups is 2. The number of rotatable bonds is 6. The zero-order valence-corrected chi connectivity index (χ0v) is 16.7. The molecule has 0 radical (unpaired) electrons. The van der Waals surface area contributed by atoms with Crippen molar-refractivity contribution in [1.82, 2.24) is 9.80 Å². The number of esters is 1. The molecule has 2 saturated heterocycles. The molecule has 1 amide bonds. The number of ether oxygens (including phenoxy) is 2. The van der Waals surface area contributed by atoms with E-state index in [0.717, 1.165) is 38.9 Å². The predicted octanol–water partition coefficient (Wildman–Crippen LogP) is 2.60. The van der Waals surface area contributed by atoms with Crippen LogP contribution in [0.1, 0.15) is 37.7 Å². The molecule has 0 bridgehead atoms. The lowest BCUT2D eigenvalue weighted by Gasteiger charge is -2.40. The Balaban J connectivity index is 1.59. The standard InChI is InChI=1S/C21H29FN2O4/c1-27-17-4-5-18(22)16(12-17)13-23-10-3-8-21(14-23)9-11-24(15-21)19(25)6-7-20(26)28-2/h4-5,12H,3,6-11,13-15H2,1-2H3. The summed E-state index contributed by atoms with van der Waals surface area (Å²) in [4.78, 5) is 27.9. The fourth-order valence-electron chi connectivity index (χ4n) is 4.44. The molecular formula is C21H29FN2O4. The Morgan fingerprint density at radius 3 is 2.71 bits per heavy atom. The Bertz CT molecular complexity index is 726. The third kappa shape index (κ3) is 4.82. The van der Waals surface area contributed by atoms with Crippen molar-refractivity contribution in [2.24, 2.45) is 5.41 Å². The summed E-state index contributed by atoms with van der Waals surface area (Å²) in [6.07, 6.45) is 3.39. The molecule has 1 atom stereocenters. The number of nitrogens with zero attached hydrogens (tertiary/aromatic N) is 2. The van der Waals surface area contributed by atoms with Crippen molar-refractivity contribution in [3.05, 3.63) is 29.6 Å². The second-order valence-corrected chi connectivity index (χ2v) is 7.91. The fraction of sp³-hybridized carbons (Fsp3) is 0.619. The molecule has 1 unspecified atom stereocenters. The first-order valence-electron chi connectivity index (χ1n) is 9.84. The van der Waals surface area contributed by atoms with E-state index < -0.39 is 0 Å². The van der Waals surface area contributed by atoms with E-state index in [1.54, 1.807) is 19.2 Å². The van der Waals surface area contributed by atoms with Gasteiger partial charge < -0.3 is 14.4 Å². The van der Waals surface area contributed by atoms with Gasteiger partial charge in [-0.25, -0.2) is 4.39 Å². The molecule has 6 nitrogen and oxygen atoms in total. The van der Waals surface area contributed by atoms with Crippen LogP contribution in [-0.2, 0) is 20.9 Å². The van der Waals surface area contributed by atoms with E-state index in [1.165, 1.54) is 13.2 Å². The topological polar surface area (TPSA) is 59.1 Å². The number of hydrogen-bond donors (Lipinski definition) is 0. The van der Waals surface area contributed by atoms with Gasteiger partial charge in [0.15, 0.2) is 0 Å². The molecule has 0 aromatic heterocycles. The zero-order chi connectivity index (χ0) is 20.1. The Labute approximate surface area is 165 Å². The van der Waals surface area contributed by atoms with Crippen molar-refractivity contribution in [3.63, 3.8) is 0 Å². The van der Waals surface area contributed by atoms with Crippen LogP contribution in [0.3, 0.4) is 0 Å². The highest BCUT2D eigenvalue weighted by atomic mass is 19.1. The van der Waals surface area contributed by atoms with Gasteiger partial charge in [0.2, 0.25) is 5.91 Å². The molecule has 3 rings (SSSR count). The molecule has 0 saturated carbocycles. The summed E-state index contributed by atoms with van der Waals surface area (Å²) in [5.41, 5.74) is 0.703. The van der Waals surface area contributed by atoms with Crippen molar-refractivity contribution < 1.29 is 23.5 Å². The van der Waals surface area contributed by atoms with Gasteiger partial charge in [-0.2, -0.15) is 0 Å². The molecule has 7 heteroatoms. The second-order valence-electron chi connectivity index (χ2n) is 7.91. The van der Waals surface area contributed by atoms with E-state index in [1.807, 2.05) is 4.90 Å². The lowest BCUT2D eigenvalue weighted by molar-refractivity contribution is -0.143. The molecule has 0 aliphatic carbocycles. The molecular weight excluding hydrogens is 363 g/mol. The van der Waals surface area contributed by atoms with Crippen molar-refractivity contribution in [1.29, 1.82) is 0 Å². The Morgan fingerprint density at radius 2 is 1.96 bits per heavy atom. The molecule has 2 aliphatic heterocycles. The Morgan fingerprint density at radius 1 is 1.14 bits per heavy atom. The lowest BCUT2D eigenvalue weighted by atomic mass is 9.79. The molecule has 1 aromatic rings. The maximum atomic E-state index is 14.2. The minimum Gasteiger partial charge on any atom is -0.497 e. The first-order valence-corrected chi connectivity index (χ1v) is 9.84. The molecule has 2 aliphatic rings. The van der Waals surface area contributed by atoms with Gasteiger partial charge in [0.05, 0.1) is 20.6 Å².